The summed E-state index contributed by atoms with van der Waals surface area (Å²) in [5.74, 6) is 0.420. The van der Waals surface area contributed by atoms with E-state index in [0.29, 0.717) is 24.1 Å². The van der Waals surface area contributed by atoms with E-state index in [9.17, 15) is 12.8 Å². The molecule has 1 atom stereocenters. The summed E-state index contributed by atoms with van der Waals surface area (Å²) in [6.07, 6.45) is 5.09. The van der Waals surface area contributed by atoms with E-state index in [2.05, 4.69) is 9.71 Å². The predicted octanol–water partition coefficient (Wildman–Crippen LogP) is 2.56. The molecule has 1 heterocycles. The zero-order valence-electron chi connectivity index (χ0n) is 15.0. The van der Waals surface area contributed by atoms with Gasteiger partial charge >= 0.3 is 0 Å². The van der Waals surface area contributed by atoms with Crippen molar-refractivity contribution < 1.29 is 12.8 Å². The van der Waals surface area contributed by atoms with Crippen LogP contribution in [0.4, 0.5) is 4.39 Å². The first kappa shape index (κ1) is 17.8. The van der Waals surface area contributed by atoms with Crippen molar-refractivity contribution in [3.8, 4) is 0 Å². The molecule has 0 spiro atoms. The Bertz CT molecular complexity index is 978. The van der Waals surface area contributed by atoms with Crippen LogP contribution in [0.2, 0.25) is 0 Å². The average molecular weight is 377 g/mol. The van der Waals surface area contributed by atoms with Crippen LogP contribution >= 0.6 is 0 Å². The van der Waals surface area contributed by atoms with Crippen molar-refractivity contribution >= 4 is 20.8 Å². The Morgan fingerprint density at radius 2 is 2.04 bits per heavy atom. The SMILES string of the molecule is CC(C)(F)CNS(=O)(=O)c1c2c(cc3cnc(C4CC4)cc13)C[C@H](N)C2. The Hall–Kier alpha value is -1.57. The van der Waals surface area contributed by atoms with Gasteiger partial charge in [-0.1, -0.05) is 0 Å². The Morgan fingerprint density at radius 1 is 1.31 bits per heavy atom. The second-order valence-corrected chi connectivity index (χ2v) is 9.86. The molecule has 3 N–H and O–H groups in total. The van der Waals surface area contributed by atoms with Crippen molar-refractivity contribution in [3.63, 3.8) is 0 Å². The standard InChI is InChI=1S/C19H24FN3O2S/c1-19(2,20)10-23-26(24,25)18-15-7-14(21)6-12(15)5-13-9-22-17(8-16(13)18)11-3-4-11/h5,8-9,11,14,23H,3-4,6-7,10,21H2,1-2H3/t14-/m0/s1. The summed E-state index contributed by atoms with van der Waals surface area (Å²) in [6, 6.07) is 3.80. The molecule has 0 amide bonds. The number of alkyl halides is 1. The highest BCUT2D eigenvalue weighted by Crippen LogP contribution is 2.41. The minimum absolute atomic E-state index is 0.0933. The predicted molar refractivity (Wildman–Crippen MR) is 99.5 cm³/mol. The fraction of sp³-hybridized carbons (Fsp3) is 0.526. The quantitative estimate of drug-likeness (QED) is 0.839. The van der Waals surface area contributed by atoms with Gasteiger partial charge in [0.15, 0.2) is 0 Å². The molecule has 140 valence electrons. The van der Waals surface area contributed by atoms with Gasteiger partial charge in [0, 0.05) is 41.2 Å². The van der Waals surface area contributed by atoms with Crippen LogP contribution < -0.4 is 10.5 Å². The van der Waals surface area contributed by atoms with E-state index in [1.165, 1.54) is 13.8 Å². The van der Waals surface area contributed by atoms with Gasteiger partial charge in [-0.2, -0.15) is 0 Å². The smallest absolute Gasteiger partial charge is 0.241 e. The van der Waals surface area contributed by atoms with E-state index in [0.717, 1.165) is 35.0 Å². The summed E-state index contributed by atoms with van der Waals surface area (Å²) in [6.45, 7) is 2.44. The Labute approximate surface area is 153 Å². The van der Waals surface area contributed by atoms with Gasteiger partial charge in [-0.05, 0) is 62.8 Å². The molecule has 0 bridgehead atoms. The third kappa shape index (κ3) is 3.35. The third-order valence-electron chi connectivity index (χ3n) is 5.09. The number of halogens is 1. The molecule has 5 nitrogen and oxygen atoms in total. The number of aromatic nitrogens is 1. The molecule has 0 aliphatic heterocycles. The molecule has 2 aliphatic carbocycles. The summed E-state index contributed by atoms with van der Waals surface area (Å²) in [4.78, 5) is 4.77. The van der Waals surface area contributed by atoms with Gasteiger partial charge in [-0.3, -0.25) is 4.98 Å². The topological polar surface area (TPSA) is 85.1 Å². The fourth-order valence-corrected chi connectivity index (χ4v) is 5.33. The van der Waals surface area contributed by atoms with E-state index in [1.54, 1.807) is 6.20 Å². The molecule has 1 saturated carbocycles. The van der Waals surface area contributed by atoms with Crippen molar-refractivity contribution in [1.82, 2.24) is 9.71 Å². The van der Waals surface area contributed by atoms with Crippen molar-refractivity contribution in [1.29, 1.82) is 0 Å². The lowest BCUT2D eigenvalue weighted by molar-refractivity contribution is 0.221. The highest BCUT2D eigenvalue weighted by Gasteiger charge is 2.32. The second kappa shape index (κ2) is 5.97. The molecule has 7 heteroatoms. The molecule has 4 rings (SSSR count). The lowest BCUT2D eigenvalue weighted by Gasteiger charge is -2.18. The molecule has 26 heavy (non-hydrogen) atoms. The van der Waals surface area contributed by atoms with Gasteiger partial charge in [-0.15, -0.1) is 0 Å². The number of fused-ring (bicyclic) bond motifs is 2. The van der Waals surface area contributed by atoms with Crippen LogP contribution in [0.5, 0.6) is 0 Å². The zero-order valence-corrected chi connectivity index (χ0v) is 15.9. The van der Waals surface area contributed by atoms with Gasteiger partial charge in [-0.25, -0.2) is 17.5 Å². The highest BCUT2D eigenvalue weighted by molar-refractivity contribution is 7.89. The summed E-state index contributed by atoms with van der Waals surface area (Å²) >= 11 is 0. The lowest BCUT2D eigenvalue weighted by Crippen LogP contribution is -2.36. The van der Waals surface area contributed by atoms with E-state index in [4.69, 9.17) is 5.73 Å². The molecule has 1 aromatic carbocycles. The third-order valence-corrected chi connectivity index (χ3v) is 6.62. The van der Waals surface area contributed by atoms with Gasteiger partial charge < -0.3 is 5.73 Å². The summed E-state index contributed by atoms with van der Waals surface area (Å²) in [5, 5.41) is 1.46. The number of hydrogen-bond acceptors (Lipinski definition) is 4. The van der Waals surface area contributed by atoms with E-state index < -0.39 is 15.7 Å². The van der Waals surface area contributed by atoms with Crippen LogP contribution in [-0.4, -0.2) is 31.7 Å². The van der Waals surface area contributed by atoms with Crippen molar-refractivity contribution in [2.45, 2.75) is 62.1 Å². The van der Waals surface area contributed by atoms with Crippen LogP contribution in [0.25, 0.3) is 10.8 Å². The average Bonchev–Trinajstić information content (AvgIpc) is 3.31. The number of rotatable bonds is 5. The summed E-state index contributed by atoms with van der Waals surface area (Å²) in [7, 11) is -3.86. The fourth-order valence-electron chi connectivity index (χ4n) is 3.65. The minimum Gasteiger partial charge on any atom is -0.327 e. The molecule has 2 aromatic rings. The molecule has 1 aromatic heterocycles. The maximum absolute atomic E-state index is 13.9. The Kier molecular flexibility index (Phi) is 4.09. The largest absolute Gasteiger partial charge is 0.327 e. The number of nitrogens with two attached hydrogens (primary N) is 1. The Morgan fingerprint density at radius 3 is 2.69 bits per heavy atom. The van der Waals surface area contributed by atoms with E-state index in [-0.39, 0.29) is 17.5 Å². The van der Waals surface area contributed by atoms with Crippen LogP contribution in [-0.2, 0) is 22.9 Å². The molecule has 1 fully saturated rings. The second-order valence-electron chi connectivity index (χ2n) is 8.16. The molecular weight excluding hydrogens is 353 g/mol. The first-order valence-corrected chi connectivity index (χ1v) is 10.5. The number of nitrogens with one attached hydrogen (secondary N) is 1. The number of benzene rings is 1. The minimum atomic E-state index is -3.86. The first-order chi connectivity index (χ1) is 12.1. The number of sulfonamides is 1. The molecule has 0 radical (unpaired) electrons. The van der Waals surface area contributed by atoms with E-state index in [1.807, 2.05) is 12.1 Å². The van der Waals surface area contributed by atoms with Crippen LogP contribution in [0.3, 0.4) is 0 Å². The van der Waals surface area contributed by atoms with Crippen LogP contribution in [0.15, 0.2) is 23.2 Å². The van der Waals surface area contributed by atoms with Crippen molar-refractivity contribution in [2.24, 2.45) is 5.73 Å². The van der Waals surface area contributed by atoms with Gasteiger partial charge in [0.2, 0.25) is 10.0 Å². The van der Waals surface area contributed by atoms with Crippen molar-refractivity contribution in [3.05, 3.63) is 35.2 Å². The van der Waals surface area contributed by atoms with Crippen LogP contribution in [0.1, 0.15) is 49.4 Å². The monoisotopic (exact) mass is 377 g/mol. The number of nitrogens with zero attached hydrogens (tertiary/aromatic N) is 1. The first-order valence-electron chi connectivity index (χ1n) is 9.02. The van der Waals surface area contributed by atoms with Gasteiger partial charge in [0.25, 0.3) is 0 Å². The highest BCUT2D eigenvalue weighted by atomic mass is 32.2. The number of hydrogen-bond donors (Lipinski definition) is 2. The molecule has 0 saturated heterocycles. The van der Waals surface area contributed by atoms with Crippen LogP contribution in [0, 0.1) is 0 Å². The Balaban J connectivity index is 1.90. The van der Waals surface area contributed by atoms with Gasteiger partial charge in [0.1, 0.15) is 5.67 Å². The lowest BCUT2D eigenvalue weighted by atomic mass is 10.0. The summed E-state index contributed by atoms with van der Waals surface area (Å²) < 4.78 is 42.6. The molecule has 2 aliphatic rings. The zero-order chi connectivity index (χ0) is 18.7. The van der Waals surface area contributed by atoms with Crippen molar-refractivity contribution in [2.75, 3.05) is 6.54 Å². The molecule has 0 unspecified atom stereocenters. The summed E-state index contributed by atoms with van der Waals surface area (Å²) in [5.41, 5.74) is 7.12. The maximum atomic E-state index is 13.9. The normalized spacial score (nSPS) is 20.5. The maximum Gasteiger partial charge on any atom is 0.241 e. The number of pyridine rings is 1. The molecular formula is C19H24FN3O2S. The van der Waals surface area contributed by atoms with E-state index >= 15 is 0 Å². The van der Waals surface area contributed by atoms with Gasteiger partial charge in [0.05, 0.1) is 4.90 Å².